The Morgan fingerprint density at radius 3 is 2.35 bits per heavy atom. The number of hydrogen-bond donors (Lipinski definition) is 2. The fraction of sp³-hybridized carbons (Fsp3) is 0.938. The van der Waals surface area contributed by atoms with Gasteiger partial charge in [-0.25, -0.2) is 0 Å². The van der Waals surface area contributed by atoms with Gasteiger partial charge in [0.2, 0.25) is 5.91 Å². The lowest BCUT2D eigenvalue weighted by Crippen LogP contribution is -2.50. The highest BCUT2D eigenvalue weighted by Gasteiger charge is 2.32. The third kappa shape index (κ3) is 5.12. The molecule has 2 unspecified atom stereocenters. The van der Waals surface area contributed by atoms with Crippen molar-refractivity contribution in [3.63, 3.8) is 0 Å². The Hall–Kier alpha value is -0.505. The predicted octanol–water partition coefficient (Wildman–Crippen LogP) is 3.21. The van der Waals surface area contributed by atoms with Gasteiger partial charge in [0.15, 0.2) is 0 Å². The van der Waals surface area contributed by atoms with E-state index in [4.69, 9.17) is 5.73 Å². The summed E-state index contributed by atoms with van der Waals surface area (Å²) in [6, 6.07) is 0. The van der Waals surface area contributed by atoms with E-state index in [0.29, 0.717) is 5.92 Å². The summed E-state index contributed by atoms with van der Waals surface area (Å²) in [4.78, 5) is 12.5. The average molecular weight is 280 g/mol. The summed E-state index contributed by atoms with van der Waals surface area (Å²) in [5, 5.41) is 2.86. The second-order valence-corrected chi connectivity index (χ2v) is 6.77. The molecule has 0 heterocycles. The molecule has 0 aromatic heterocycles. The van der Waals surface area contributed by atoms with Crippen LogP contribution in [0.4, 0.5) is 0 Å². The zero-order chi connectivity index (χ0) is 15.0. The first kappa shape index (κ1) is 17.5. The lowest BCUT2D eigenvalue weighted by molar-refractivity contribution is -0.125. The fourth-order valence-corrected chi connectivity index (χ4v) is 3.29. The molecule has 0 aromatic rings. The Morgan fingerprint density at radius 2 is 1.85 bits per heavy atom. The van der Waals surface area contributed by atoms with E-state index in [1.807, 2.05) is 0 Å². The summed E-state index contributed by atoms with van der Waals surface area (Å²) in [7, 11) is 0.879. The molecule has 1 rings (SSSR count). The molecular formula is C16H33BN2O. The maximum atomic E-state index is 12.5. The highest BCUT2D eigenvalue weighted by atomic mass is 16.2. The van der Waals surface area contributed by atoms with Gasteiger partial charge in [0.05, 0.1) is 6.17 Å². The van der Waals surface area contributed by atoms with Crippen LogP contribution >= 0.6 is 0 Å². The van der Waals surface area contributed by atoms with Crippen molar-refractivity contribution in [3.05, 3.63) is 0 Å². The van der Waals surface area contributed by atoms with Crippen molar-refractivity contribution in [2.24, 2.45) is 11.7 Å². The van der Waals surface area contributed by atoms with E-state index >= 15 is 0 Å². The summed E-state index contributed by atoms with van der Waals surface area (Å²) in [5.74, 6) is 0.610. The van der Waals surface area contributed by atoms with E-state index in [-0.39, 0.29) is 17.4 Å². The quantitative estimate of drug-likeness (QED) is 0.580. The molecule has 2 atom stereocenters. The van der Waals surface area contributed by atoms with Crippen molar-refractivity contribution < 1.29 is 4.79 Å². The van der Waals surface area contributed by atoms with E-state index in [1.165, 1.54) is 32.1 Å². The topological polar surface area (TPSA) is 55.1 Å². The maximum absolute atomic E-state index is 12.5. The third-order valence-corrected chi connectivity index (χ3v) is 5.09. The Bertz CT molecular complexity index is 290. The Balaban J connectivity index is 2.54. The summed E-state index contributed by atoms with van der Waals surface area (Å²) >= 11 is 0. The molecule has 3 nitrogen and oxygen atoms in total. The van der Waals surface area contributed by atoms with Crippen molar-refractivity contribution in [1.82, 2.24) is 5.32 Å². The van der Waals surface area contributed by atoms with Crippen molar-refractivity contribution in [1.29, 1.82) is 0 Å². The van der Waals surface area contributed by atoms with Crippen LogP contribution in [0.5, 0.6) is 0 Å². The molecule has 0 spiro atoms. The van der Waals surface area contributed by atoms with Crippen LogP contribution in [0, 0.1) is 5.92 Å². The number of carbonyl (C=O) groups excluding carboxylic acids is 1. The molecule has 0 saturated heterocycles. The minimum absolute atomic E-state index is 0.149. The third-order valence-electron chi connectivity index (χ3n) is 5.09. The number of nitrogens with one attached hydrogen (secondary N) is 1. The fourth-order valence-electron chi connectivity index (χ4n) is 3.29. The van der Waals surface area contributed by atoms with E-state index in [2.05, 4.69) is 26.0 Å². The molecule has 0 radical (unpaired) electrons. The van der Waals surface area contributed by atoms with E-state index in [0.717, 1.165) is 33.0 Å². The smallest absolute Gasteiger partial charge is 0.219 e. The highest BCUT2D eigenvalue weighted by Crippen LogP contribution is 2.31. The first-order chi connectivity index (χ1) is 9.53. The van der Waals surface area contributed by atoms with E-state index < -0.39 is 0 Å². The van der Waals surface area contributed by atoms with Crippen molar-refractivity contribution in [2.75, 3.05) is 0 Å². The van der Waals surface area contributed by atoms with E-state index in [9.17, 15) is 4.79 Å². The molecule has 0 aromatic carbocycles. The van der Waals surface area contributed by atoms with Crippen molar-refractivity contribution in [3.8, 4) is 0 Å². The van der Waals surface area contributed by atoms with Crippen LogP contribution in [0.2, 0.25) is 12.1 Å². The molecule has 1 aliphatic rings. The van der Waals surface area contributed by atoms with E-state index in [1.54, 1.807) is 0 Å². The van der Waals surface area contributed by atoms with Crippen LogP contribution in [0.15, 0.2) is 0 Å². The molecule has 0 bridgehead atoms. The molecule has 1 saturated carbocycles. The van der Waals surface area contributed by atoms with Gasteiger partial charge < -0.3 is 11.1 Å². The van der Waals surface area contributed by atoms with Crippen LogP contribution in [0.1, 0.15) is 71.6 Å². The Kier molecular flexibility index (Phi) is 7.64. The van der Waals surface area contributed by atoms with Gasteiger partial charge in [-0.1, -0.05) is 59.2 Å². The first-order valence-corrected chi connectivity index (χ1v) is 8.60. The summed E-state index contributed by atoms with van der Waals surface area (Å²) < 4.78 is 0. The monoisotopic (exact) mass is 280 g/mol. The highest BCUT2D eigenvalue weighted by molar-refractivity contribution is 6.45. The lowest BCUT2D eigenvalue weighted by Gasteiger charge is -2.32. The van der Waals surface area contributed by atoms with Gasteiger partial charge >= 0.3 is 0 Å². The van der Waals surface area contributed by atoms with Crippen LogP contribution in [-0.4, -0.2) is 19.4 Å². The van der Waals surface area contributed by atoms with Gasteiger partial charge in [-0.2, -0.15) is 0 Å². The molecule has 3 N–H and O–H groups in total. The lowest BCUT2D eigenvalue weighted by atomic mass is 9.52. The zero-order valence-electron chi connectivity index (χ0n) is 13.7. The largest absolute Gasteiger partial charge is 0.341 e. The van der Waals surface area contributed by atoms with Gasteiger partial charge in [-0.3, -0.25) is 4.79 Å². The number of hydrogen-bond acceptors (Lipinski definition) is 2. The summed E-state index contributed by atoms with van der Waals surface area (Å²) in [6.07, 6.45) is 10.7. The maximum Gasteiger partial charge on any atom is 0.219 e. The van der Waals surface area contributed by atoms with Crippen LogP contribution in [0.3, 0.4) is 0 Å². The van der Waals surface area contributed by atoms with Gasteiger partial charge in [-0.05, 0) is 25.2 Å². The predicted molar refractivity (Wildman–Crippen MR) is 88.2 cm³/mol. The molecule has 1 amide bonds. The molecule has 116 valence electrons. The molecule has 1 fully saturated rings. The minimum Gasteiger partial charge on any atom is -0.341 e. The van der Waals surface area contributed by atoms with Crippen molar-refractivity contribution in [2.45, 2.75) is 89.9 Å². The minimum atomic E-state index is -0.256. The second kappa shape index (κ2) is 8.71. The normalized spacial score (nSPS) is 22.2. The SMILES string of the molecule is CBC(C)(CCC)C(=O)NC(N)C1CCCCCCC1. The summed E-state index contributed by atoms with van der Waals surface area (Å²) in [6.45, 7) is 6.29. The first-order valence-electron chi connectivity index (χ1n) is 8.60. The Labute approximate surface area is 125 Å². The molecule has 1 aliphatic carbocycles. The zero-order valence-corrected chi connectivity index (χ0v) is 13.7. The van der Waals surface area contributed by atoms with Crippen LogP contribution < -0.4 is 11.1 Å². The van der Waals surface area contributed by atoms with Crippen molar-refractivity contribution >= 4 is 13.2 Å². The molecule has 0 aliphatic heterocycles. The average Bonchev–Trinajstić information content (AvgIpc) is 2.38. The van der Waals surface area contributed by atoms with Crippen LogP contribution in [-0.2, 0) is 4.79 Å². The second-order valence-electron chi connectivity index (χ2n) is 6.77. The molecule has 4 heteroatoms. The number of amides is 1. The summed E-state index contributed by atoms with van der Waals surface area (Å²) in [5.41, 5.74) is 6.29. The number of nitrogens with two attached hydrogens (primary N) is 1. The Morgan fingerprint density at radius 1 is 1.30 bits per heavy atom. The molecule has 20 heavy (non-hydrogen) atoms. The van der Waals surface area contributed by atoms with Gasteiger partial charge in [0.25, 0.3) is 0 Å². The van der Waals surface area contributed by atoms with Gasteiger partial charge in [0, 0.05) is 5.31 Å². The van der Waals surface area contributed by atoms with Crippen LogP contribution in [0.25, 0.3) is 0 Å². The molecular weight excluding hydrogens is 247 g/mol. The number of carbonyl (C=O) groups is 1. The van der Waals surface area contributed by atoms with Gasteiger partial charge in [-0.15, -0.1) is 0 Å². The standard InChI is InChI=1S/C16H33BN2O/c1-4-12-16(2,17-3)15(20)19-14(18)13-10-8-6-5-7-9-11-13/h13-14,17H,4-12,18H2,1-3H3,(H,19,20). The number of rotatable bonds is 6. The van der Waals surface area contributed by atoms with Gasteiger partial charge in [0.1, 0.15) is 7.28 Å².